The van der Waals surface area contributed by atoms with Gasteiger partial charge in [0.25, 0.3) is 0 Å². The van der Waals surface area contributed by atoms with Crippen LogP contribution in [0.2, 0.25) is 0 Å². The standard InChI is InChI=1S/C10H9F3N2O6/c1-19-8(16)3-5-9(20-2)6(21-10(11,12)13)4-7(14-5)15(17)18/h4H,3H2,1-2H3. The van der Waals surface area contributed by atoms with Crippen molar-refractivity contribution < 1.29 is 37.1 Å². The van der Waals surface area contributed by atoms with Gasteiger partial charge < -0.3 is 24.3 Å². The quantitative estimate of drug-likeness (QED) is 0.462. The number of hydrogen-bond acceptors (Lipinski definition) is 7. The van der Waals surface area contributed by atoms with E-state index in [0.717, 1.165) is 14.2 Å². The van der Waals surface area contributed by atoms with Crippen molar-refractivity contribution in [2.45, 2.75) is 12.8 Å². The molecule has 11 heteroatoms. The molecule has 8 nitrogen and oxygen atoms in total. The number of rotatable bonds is 5. The molecule has 0 saturated heterocycles. The van der Waals surface area contributed by atoms with Gasteiger partial charge in [-0.2, -0.15) is 0 Å². The lowest BCUT2D eigenvalue weighted by molar-refractivity contribution is -0.389. The number of carbonyl (C=O) groups excluding carboxylic acids is 1. The molecule has 0 aromatic carbocycles. The highest BCUT2D eigenvalue weighted by molar-refractivity contribution is 5.73. The Labute approximate surface area is 115 Å². The maximum atomic E-state index is 12.3. The van der Waals surface area contributed by atoms with Crippen LogP contribution >= 0.6 is 0 Å². The fourth-order valence-corrected chi connectivity index (χ4v) is 1.39. The van der Waals surface area contributed by atoms with Crippen LogP contribution in [0, 0.1) is 10.1 Å². The summed E-state index contributed by atoms with van der Waals surface area (Å²) in [5.41, 5.74) is -0.405. The van der Waals surface area contributed by atoms with E-state index in [1.807, 2.05) is 0 Å². The third-order valence-corrected chi connectivity index (χ3v) is 2.15. The second kappa shape index (κ2) is 6.24. The zero-order valence-electron chi connectivity index (χ0n) is 10.8. The Balaban J connectivity index is 3.39. The van der Waals surface area contributed by atoms with Crippen molar-refractivity contribution in [2.24, 2.45) is 0 Å². The number of hydrogen-bond donors (Lipinski definition) is 0. The molecule has 0 aliphatic heterocycles. The predicted molar refractivity (Wildman–Crippen MR) is 59.8 cm³/mol. The van der Waals surface area contributed by atoms with Gasteiger partial charge in [0, 0.05) is 0 Å². The predicted octanol–water partition coefficient (Wildman–Crippen LogP) is 1.61. The largest absolute Gasteiger partial charge is 0.573 e. The van der Waals surface area contributed by atoms with Gasteiger partial charge in [0.05, 0.1) is 20.3 Å². The van der Waals surface area contributed by atoms with Crippen LogP contribution < -0.4 is 9.47 Å². The van der Waals surface area contributed by atoms with E-state index in [-0.39, 0.29) is 0 Å². The molecule has 1 heterocycles. The number of alkyl halides is 3. The minimum Gasteiger partial charge on any atom is -0.489 e. The van der Waals surface area contributed by atoms with E-state index < -0.39 is 46.7 Å². The van der Waals surface area contributed by atoms with Crippen LogP contribution in [0.4, 0.5) is 19.0 Å². The van der Waals surface area contributed by atoms with Crippen molar-refractivity contribution in [1.29, 1.82) is 0 Å². The summed E-state index contributed by atoms with van der Waals surface area (Å²) in [5, 5.41) is 10.7. The molecule has 0 radical (unpaired) electrons. The molecule has 0 amide bonds. The molecule has 0 atom stereocenters. The number of nitro groups is 1. The van der Waals surface area contributed by atoms with Crippen molar-refractivity contribution in [3.05, 3.63) is 21.9 Å². The third-order valence-electron chi connectivity index (χ3n) is 2.15. The lowest BCUT2D eigenvalue weighted by atomic mass is 10.2. The van der Waals surface area contributed by atoms with Crippen molar-refractivity contribution >= 4 is 11.8 Å². The van der Waals surface area contributed by atoms with Crippen molar-refractivity contribution in [3.8, 4) is 11.5 Å². The third kappa shape index (κ3) is 4.47. The Morgan fingerprint density at radius 3 is 2.48 bits per heavy atom. The van der Waals surface area contributed by atoms with Gasteiger partial charge in [0.1, 0.15) is 6.42 Å². The van der Waals surface area contributed by atoms with Gasteiger partial charge >= 0.3 is 18.1 Å². The lowest BCUT2D eigenvalue weighted by Gasteiger charge is -2.13. The van der Waals surface area contributed by atoms with E-state index in [0.29, 0.717) is 6.07 Å². The molecule has 1 aromatic heterocycles. The van der Waals surface area contributed by atoms with E-state index in [9.17, 15) is 28.1 Å². The van der Waals surface area contributed by atoms with Crippen molar-refractivity contribution in [2.75, 3.05) is 14.2 Å². The Morgan fingerprint density at radius 1 is 1.43 bits per heavy atom. The Morgan fingerprint density at radius 2 is 2.05 bits per heavy atom. The summed E-state index contributed by atoms with van der Waals surface area (Å²) in [7, 11) is 2.05. The highest BCUT2D eigenvalue weighted by Gasteiger charge is 2.35. The monoisotopic (exact) mass is 310 g/mol. The number of carbonyl (C=O) groups is 1. The van der Waals surface area contributed by atoms with Crippen LogP contribution in [-0.2, 0) is 16.0 Å². The summed E-state index contributed by atoms with van der Waals surface area (Å²) >= 11 is 0. The van der Waals surface area contributed by atoms with Gasteiger partial charge in [-0.15, -0.1) is 13.2 Å². The lowest BCUT2D eigenvalue weighted by Crippen LogP contribution is -2.19. The van der Waals surface area contributed by atoms with Crippen molar-refractivity contribution in [1.82, 2.24) is 4.98 Å². The fourth-order valence-electron chi connectivity index (χ4n) is 1.39. The number of nitrogens with zero attached hydrogens (tertiary/aromatic N) is 2. The van der Waals surface area contributed by atoms with Gasteiger partial charge in [-0.1, -0.05) is 0 Å². The Hall–Kier alpha value is -2.59. The van der Waals surface area contributed by atoms with Crippen LogP contribution in [0.25, 0.3) is 0 Å². The van der Waals surface area contributed by atoms with Crippen molar-refractivity contribution in [3.63, 3.8) is 0 Å². The van der Waals surface area contributed by atoms with Crippen LogP contribution in [0.1, 0.15) is 5.69 Å². The molecule has 0 spiro atoms. The topological polar surface area (TPSA) is 101 Å². The molecule has 116 valence electrons. The zero-order valence-corrected chi connectivity index (χ0v) is 10.8. The minimum absolute atomic E-state index is 0.405. The van der Waals surface area contributed by atoms with Crippen LogP contribution in [0.5, 0.6) is 11.5 Å². The normalized spacial score (nSPS) is 10.9. The zero-order chi connectivity index (χ0) is 16.2. The Kier molecular flexibility index (Phi) is 4.89. The Bertz CT molecular complexity index is 560. The number of pyridine rings is 1. The first-order valence-electron chi connectivity index (χ1n) is 5.22. The summed E-state index contributed by atoms with van der Waals surface area (Å²) in [4.78, 5) is 24.3. The first-order chi connectivity index (χ1) is 9.67. The molecule has 0 aliphatic rings. The van der Waals surface area contributed by atoms with Gasteiger partial charge in [0.2, 0.25) is 11.4 Å². The summed E-state index contributed by atoms with van der Waals surface area (Å²) in [5.74, 6) is -3.29. The molecule has 21 heavy (non-hydrogen) atoms. The molecule has 0 aliphatic carbocycles. The summed E-state index contributed by atoms with van der Waals surface area (Å²) < 4.78 is 49.5. The maximum absolute atomic E-state index is 12.3. The average molecular weight is 310 g/mol. The van der Waals surface area contributed by atoms with Crippen LogP contribution in [0.15, 0.2) is 6.07 Å². The van der Waals surface area contributed by atoms with E-state index in [4.69, 9.17) is 0 Å². The summed E-state index contributed by atoms with van der Waals surface area (Å²) in [6, 6.07) is 0.451. The van der Waals surface area contributed by atoms with E-state index >= 15 is 0 Å². The number of halogens is 3. The SMILES string of the molecule is COC(=O)Cc1nc([N+](=O)[O-])cc(OC(F)(F)F)c1OC. The average Bonchev–Trinajstić information content (AvgIpc) is 2.36. The molecule has 1 rings (SSSR count). The number of esters is 1. The maximum Gasteiger partial charge on any atom is 0.573 e. The summed E-state index contributed by atoms with van der Waals surface area (Å²) in [6.45, 7) is 0. The molecule has 0 unspecified atom stereocenters. The second-order valence-electron chi connectivity index (χ2n) is 3.52. The van der Waals surface area contributed by atoms with Crippen LogP contribution in [0.3, 0.4) is 0 Å². The summed E-state index contributed by atoms with van der Waals surface area (Å²) in [6.07, 6.45) is -5.71. The van der Waals surface area contributed by atoms with E-state index in [2.05, 4.69) is 19.2 Å². The molecule has 0 fully saturated rings. The highest BCUT2D eigenvalue weighted by Crippen LogP contribution is 2.37. The van der Waals surface area contributed by atoms with E-state index in [1.54, 1.807) is 0 Å². The number of aromatic nitrogens is 1. The molecule has 0 bridgehead atoms. The van der Waals surface area contributed by atoms with Gasteiger partial charge in [0.15, 0.2) is 5.75 Å². The number of methoxy groups -OCH3 is 2. The molecule has 0 N–H and O–H groups in total. The second-order valence-corrected chi connectivity index (χ2v) is 3.52. The molecule has 1 aromatic rings. The molecule has 0 saturated carbocycles. The van der Waals surface area contributed by atoms with Gasteiger partial charge in [-0.25, -0.2) is 0 Å². The van der Waals surface area contributed by atoms with E-state index in [1.165, 1.54) is 0 Å². The number of ether oxygens (including phenoxy) is 3. The van der Waals surface area contributed by atoms with Crippen LogP contribution in [-0.4, -0.2) is 36.5 Å². The molecular weight excluding hydrogens is 301 g/mol. The molecular formula is C10H9F3N2O6. The highest BCUT2D eigenvalue weighted by atomic mass is 19.4. The first kappa shape index (κ1) is 16.5. The minimum atomic E-state index is -5.09. The smallest absolute Gasteiger partial charge is 0.489 e. The first-order valence-corrected chi connectivity index (χ1v) is 5.22. The van der Waals surface area contributed by atoms with Gasteiger partial charge in [-0.05, 0) is 9.91 Å². The fraction of sp³-hybridized carbons (Fsp3) is 0.400. The van der Waals surface area contributed by atoms with Gasteiger partial charge in [-0.3, -0.25) is 4.79 Å².